The highest BCUT2D eigenvalue weighted by atomic mass is 16.8. The first-order chi connectivity index (χ1) is 30.1. The van der Waals surface area contributed by atoms with Crippen LogP contribution in [0, 0.1) is 0 Å². The van der Waals surface area contributed by atoms with Crippen molar-refractivity contribution in [1.82, 2.24) is 16.0 Å². The van der Waals surface area contributed by atoms with Crippen molar-refractivity contribution in [2.24, 2.45) is 0 Å². The van der Waals surface area contributed by atoms with E-state index in [9.17, 15) is 85.9 Å². The fraction of sp³-hybridized carbons (Fsp3) is 0.917. The Kier molecular flexibility index (Phi) is 20.3. The van der Waals surface area contributed by atoms with E-state index < -0.39 is 198 Å². The van der Waals surface area contributed by atoms with Crippen LogP contribution < -0.4 is 16.0 Å². The number of amides is 3. The Labute approximate surface area is 365 Å². The van der Waals surface area contributed by atoms with E-state index in [4.69, 9.17) is 37.9 Å². The van der Waals surface area contributed by atoms with Crippen molar-refractivity contribution in [2.45, 2.75) is 175 Å². The SMILES string of the molecule is CC(=O)N[C@@H]1[C@H](O[C@@H]([C@@H](O)[C@H](O)CO[C@@H]2O[C@H](CO)[C@@H](O[C@@H]3O[C@H](CO)[C@H](O)[C@H](O)[C@H]3O[C@@H]3O[C@@H](C)[C@@H](O)[C@@H](O)[C@@H]3O)[C@H](O)[C@H]2NC(C)=O)[C@H](CO)NC(C)=O)O[C@H](CO)[C@@H](O)[C@@H]1O. The third-order valence-corrected chi connectivity index (χ3v) is 11.1. The molecule has 4 saturated heterocycles. The highest BCUT2D eigenvalue weighted by molar-refractivity contribution is 5.74. The van der Waals surface area contributed by atoms with Gasteiger partial charge in [0.15, 0.2) is 25.2 Å². The van der Waals surface area contributed by atoms with Crippen LogP contribution in [0.15, 0.2) is 0 Å². The summed E-state index contributed by atoms with van der Waals surface area (Å²) in [5.74, 6) is -2.29. The van der Waals surface area contributed by atoms with Gasteiger partial charge in [0.1, 0.15) is 110 Å². The monoisotopic (exact) mass is 937 g/mol. The van der Waals surface area contributed by atoms with Gasteiger partial charge in [0.2, 0.25) is 17.7 Å². The standard InChI is InChI=1S/C36H63N3O25/c1-10-21(48)27(54)29(56)35(58-10)64-32-28(55)24(51)17(7-42)60-36(32)63-31-18(8-43)61-33(20(26(31)53)39-13(4)46)57-9-15(47)22(49)30(14(5-40)37-11(2)44)62-34-19(38-12(3)45)25(52)23(50)16(6-41)59-34/h10,14-36,40-43,47-56H,5-9H2,1-4H3,(H,37,44)(H,38,45)(H,39,46)/t10-,14-,15+,16+,17+,18+,19-,20+,21+,22-,23+,24-,25+,26+,27+,28-,29-,30+,31+,32+,33+,34-,35-,36-/m0/s1. The molecule has 0 unspecified atom stereocenters. The zero-order valence-corrected chi connectivity index (χ0v) is 35.1. The molecule has 4 aliphatic rings. The molecule has 24 atom stereocenters. The van der Waals surface area contributed by atoms with Crippen LogP contribution in [0.5, 0.6) is 0 Å². The lowest BCUT2D eigenvalue weighted by Crippen LogP contribution is -2.68. The molecule has 4 fully saturated rings. The fourth-order valence-corrected chi connectivity index (χ4v) is 7.67. The van der Waals surface area contributed by atoms with E-state index in [1.807, 2.05) is 0 Å². The summed E-state index contributed by atoms with van der Waals surface area (Å²) >= 11 is 0. The number of hydrogen-bond acceptors (Lipinski definition) is 25. The molecule has 372 valence electrons. The average Bonchev–Trinajstić information content (AvgIpc) is 3.25. The van der Waals surface area contributed by atoms with E-state index in [1.54, 1.807) is 0 Å². The van der Waals surface area contributed by atoms with Crippen LogP contribution in [0.4, 0.5) is 0 Å². The molecule has 0 spiro atoms. The molecular weight excluding hydrogens is 874 g/mol. The molecule has 0 aromatic carbocycles. The van der Waals surface area contributed by atoms with Crippen molar-refractivity contribution >= 4 is 17.7 Å². The van der Waals surface area contributed by atoms with Gasteiger partial charge in [-0.3, -0.25) is 14.4 Å². The van der Waals surface area contributed by atoms with Crippen LogP contribution in [0.2, 0.25) is 0 Å². The van der Waals surface area contributed by atoms with Gasteiger partial charge in [-0.25, -0.2) is 0 Å². The number of carbonyl (C=O) groups excluding carboxylic acids is 3. The molecule has 4 heterocycles. The molecule has 28 nitrogen and oxygen atoms in total. The molecule has 0 aromatic rings. The maximum Gasteiger partial charge on any atom is 0.217 e. The van der Waals surface area contributed by atoms with Crippen LogP contribution in [0.1, 0.15) is 27.7 Å². The van der Waals surface area contributed by atoms with Crippen LogP contribution >= 0.6 is 0 Å². The normalized spacial score (nSPS) is 42.5. The summed E-state index contributed by atoms with van der Waals surface area (Å²) in [5, 5.41) is 156. The van der Waals surface area contributed by atoms with Gasteiger partial charge in [0.25, 0.3) is 0 Å². The third-order valence-electron chi connectivity index (χ3n) is 11.1. The molecule has 17 N–H and O–H groups in total. The zero-order chi connectivity index (χ0) is 47.9. The van der Waals surface area contributed by atoms with Gasteiger partial charge in [0.05, 0.1) is 45.2 Å². The minimum Gasteiger partial charge on any atom is -0.394 e. The Hall–Kier alpha value is -2.47. The molecule has 0 aliphatic carbocycles. The Balaban J connectivity index is 1.57. The van der Waals surface area contributed by atoms with Crippen molar-refractivity contribution < 1.29 is 124 Å². The van der Waals surface area contributed by atoms with Crippen LogP contribution in [0.3, 0.4) is 0 Å². The van der Waals surface area contributed by atoms with Gasteiger partial charge in [-0.05, 0) is 6.92 Å². The molecule has 0 radical (unpaired) electrons. The number of ether oxygens (including phenoxy) is 8. The Morgan fingerprint density at radius 1 is 0.562 bits per heavy atom. The van der Waals surface area contributed by atoms with Crippen LogP contribution in [0.25, 0.3) is 0 Å². The fourth-order valence-electron chi connectivity index (χ4n) is 7.67. The van der Waals surface area contributed by atoms with Gasteiger partial charge < -0.3 is 125 Å². The van der Waals surface area contributed by atoms with Gasteiger partial charge in [-0.2, -0.15) is 0 Å². The molecule has 0 saturated carbocycles. The Morgan fingerprint density at radius 3 is 1.61 bits per heavy atom. The maximum atomic E-state index is 12.4. The van der Waals surface area contributed by atoms with E-state index >= 15 is 0 Å². The molecule has 64 heavy (non-hydrogen) atoms. The summed E-state index contributed by atoms with van der Waals surface area (Å²) in [6.07, 6.45) is -37.5. The first kappa shape index (κ1) is 54.1. The largest absolute Gasteiger partial charge is 0.394 e. The second-order valence-corrected chi connectivity index (χ2v) is 15.9. The number of aliphatic hydroxyl groups excluding tert-OH is 14. The third kappa shape index (κ3) is 12.7. The summed E-state index contributed by atoms with van der Waals surface area (Å²) in [6.45, 7) is -0.177. The van der Waals surface area contributed by atoms with Crippen molar-refractivity contribution in [2.75, 3.05) is 33.0 Å². The predicted octanol–water partition coefficient (Wildman–Crippen LogP) is -10.8. The van der Waals surface area contributed by atoms with Crippen LogP contribution in [-0.4, -0.2) is 269 Å². The first-order valence-corrected chi connectivity index (χ1v) is 20.4. The van der Waals surface area contributed by atoms with E-state index in [-0.39, 0.29) is 0 Å². The summed E-state index contributed by atoms with van der Waals surface area (Å²) < 4.78 is 45.7. The second-order valence-electron chi connectivity index (χ2n) is 15.9. The van der Waals surface area contributed by atoms with E-state index in [2.05, 4.69) is 16.0 Å². The average molecular weight is 938 g/mol. The number of carbonyl (C=O) groups is 3. The quantitative estimate of drug-likeness (QED) is 0.0572. The summed E-state index contributed by atoms with van der Waals surface area (Å²) in [5.41, 5.74) is 0. The zero-order valence-electron chi connectivity index (χ0n) is 35.1. The molecule has 4 rings (SSSR count). The highest BCUT2D eigenvalue weighted by Crippen LogP contribution is 2.34. The Morgan fingerprint density at radius 2 is 1.08 bits per heavy atom. The molecule has 28 heteroatoms. The summed E-state index contributed by atoms with van der Waals surface area (Å²) in [4.78, 5) is 36.5. The minimum absolute atomic E-state index is 0.741. The Bertz CT molecular complexity index is 1490. The molecule has 0 aromatic heterocycles. The number of nitrogens with one attached hydrogen (secondary N) is 3. The number of rotatable bonds is 19. The van der Waals surface area contributed by atoms with Gasteiger partial charge in [0, 0.05) is 20.8 Å². The predicted molar refractivity (Wildman–Crippen MR) is 202 cm³/mol. The van der Waals surface area contributed by atoms with E-state index in [0.717, 1.165) is 20.8 Å². The van der Waals surface area contributed by atoms with Crippen molar-refractivity contribution in [1.29, 1.82) is 0 Å². The summed E-state index contributed by atoms with van der Waals surface area (Å²) in [7, 11) is 0. The molecular formula is C36H63N3O25. The van der Waals surface area contributed by atoms with E-state index in [1.165, 1.54) is 6.92 Å². The molecule has 4 aliphatic heterocycles. The van der Waals surface area contributed by atoms with Gasteiger partial charge >= 0.3 is 0 Å². The molecule has 3 amide bonds. The van der Waals surface area contributed by atoms with Gasteiger partial charge in [-0.1, -0.05) is 0 Å². The lowest BCUT2D eigenvalue weighted by molar-refractivity contribution is -0.383. The van der Waals surface area contributed by atoms with Gasteiger partial charge in [-0.15, -0.1) is 0 Å². The van der Waals surface area contributed by atoms with Crippen molar-refractivity contribution in [3.63, 3.8) is 0 Å². The lowest BCUT2D eigenvalue weighted by atomic mass is 9.95. The molecule has 0 bridgehead atoms. The maximum absolute atomic E-state index is 12.4. The number of aliphatic hydroxyl groups is 14. The van der Waals surface area contributed by atoms with E-state index in [0.29, 0.717) is 0 Å². The topological polar surface area (TPSA) is 444 Å². The van der Waals surface area contributed by atoms with Crippen molar-refractivity contribution in [3.05, 3.63) is 0 Å². The smallest absolute Gasteiger partial charge is 0.217 e. The highest BCUT2D eigenvalue weighted by Gasteiger charge is 2.55. The van der Waals surface area contributed by atoms with Crippen LogP contribution in [-0.2, 0) is 52.3 Å². The first-order valence-electron chi connectivity index (χ1n) is 20.4. The minimum atomic E-state index is -2.18. The number of hydrogen-bond donors (Lipinski definition) is 17. The lowest BCUT2D eigenvalue weighted by Gasteiger charge is -2.49. The second kappa shape index (κ2) is 24.0. The van der Waals surface area contributed by atoms with Crippen molar-refractivity contribution in [3.8, 4) is 0 Å². The summed E-state index contributed by atoms with van der Waals surface area (Å²) in [6, 6.07) is -4.78.